The molecule has 1 heterocycles. The van der Waals surface area contributed by atoms with Gasteiger partial charge in [0.1, 0.15) is 25.9 Å². The monoisotopic (exact) mass is 930 g/mol. The van der Waals surface area contributed by atoms with Crippen LogP contribution in [0.3, 0.4) is 0 Å². The maximum Gasteiger partial charge on any atom is 0.125 e. The Labute approximate surface area is 346 Å². The van der Waals surface area contributed by atoms with Gasteiger partial charge in [-0.2, -0.15) is 24.8 Å². The molecule has 5 aromatic carbocycles. The minimum Gasteiger partial charge on any atom is -0.872 e. The molecule has 0 aliphatic rings. The predicted molar refractivity (Wildman–Crippen MR) is 179 cm³/mol. The molecule has 0 saturated carbocycles. The number of nitrogens with zero attached hydrogens (tertiary/aromatic N) is 6. The summed E-state index contributed by atoms with van der Waals surface area (Å²) in [6, 6.07) is 15.1. The van der Waals surface area contributed by atoms with Crippen molar-refractivity contribution in [3.05, 3.63) is 84.6 Å². The van der Waals surface area contributed by atoms with E-state index >= 15 is 0 Å². The molecule has 306 valence electrons. The maximum absolute atomic E-state index is 12.9. The van der Waals surface area contributed by atoms with Gasteiger partial charge in [-0.1, -0.05) is 41.5 Å². The molecule has 0 saturated heterocycles. The van der Waals surface area contributed by atoms with Crippen LogP contribution in [0, 0.1) is 6.92 Å². The SMILES string of the molecule is Cc1nn(-c2ccc(S(=O)(=O)[O-])cc2)c([O-])c1N=Nc1ccc(-c2ccc(N=Nc3cc([O-])c4c(N)c(SOO[O-])cc(S(=O)(=O)[O-])c4c3)c([O-])c2)cc1[O-].[Cu].[Cu]. The number of aryl methyl sites for hydroxylation is 1. The Morgan fingerprint density at radius 1 is 0.737 bits per heavy atom. The number of nitrogens with two attached hydrogens (primary N) is 1. The zero-order chi connectivity index (χ0) is 39.8. The van der Waals surface area contributed by atoms with Crippen LogP contribution in [-0.4, -0.2) is 35.7 Å². The second-order valence-corrected chi connectivity index (χ2v) is 14.7. The Morgan fingerprint density at radius 3 is 1.84 bits per heavy atom. The van der Waals surface area contributed by atoms with E-state index in [4.69, 9.17) is 5.73 Å². The number of nitrogen functional groups attached to an aromatic ring is 1. The minimum atomic E-state index is -5.20. The fraction of sp³-hybridized carbons (Fsp3) is 0.0312. The second-order valence-electron chi connectivity index (χ2n) is 11.2. The van der Waals surface area contributed by atoms with Gasteiger partial charge in [-0.15, -0.1) is 5.11 Å². The van der Waals surface area contributed by atoms with Gasteiger partial charge in [0.15, 0.2) is 0 Å². The van der Waals surface area contributed by atoms with E-state index in [1.807, 2.05) is 0 Å². The fourth-order valence-corrected chi connectivity index (χ4v) is 6.86. The van der Waals surface area contributed by atoms with Crippen LogP contribution in [-0.2, 0) is 63.7 Å². The maximum atomic E-state index is 12.9. The molecule has 0 fully saturated rings. The molecule has 0 atom stereocenters. The second kappa shape index (κ2) is 17.6. The summed E-state index contributed by atoms with van der Waals surface area (Å²) in [4.78, 5) is -1.62. The van der Waals surface area contributed by atoms with Crippen LogP contribution >= 0.6 is 12.0 Å². The minimum absolute atomic E-state index is 0. The van der Waals surface area contributed by atoms with E-state index in [0.29, 0.717) is 11.1 Å². The van der Waals surface area contributed by atoms with E-state index in [2.05, 4.69) is 34.9 Å². The molecule has 57 heavy (non-hydrogen) atoms. The summed E-state index contributed by atoms with van der Waals surface area (Å²) in [6.45, 7) is 1.46. The van der Waals surface area contributed by atoms with Crippen molar-refractivity contribution < 1.29 is 95.1 Å². The summed E-state index contributed by atoms with van der Waals surface area (Å²) >= 11 is 0.181. The first kappa shape index (κ1) is 44.6. The number of benzene rings is 5. The zero-order valence-corrected chi connectivity index (χ0v) is 32.2. The van der Waals surface area contributed by atoms with E-state index < -0.39 is 58.5 Å². The average Bonchev–Trinajstić information content (AvgIpc) is 3.41. The quantitative estimate of drug-likeness (QED) is 0.0371. The molecule has 0 amide bonds. The molecule has 1 aromatic heterocycles. The molecule has 20 nitrogen and oxygen atoms in total. The zero-order valence-electron chi connectivity index (χ0n) is 27.9. The summed E-state index contributed by atoms with van der Waals surface area (Å²) in [7, 11) is -9.90. The molecule has 0 aliphatic heterocycles. The smallest absolute Gasteiger partial charge is 0.125 e. The van der Waals surface area contributed by atoms with Gasteiger partial charge in [0, 0.05) is 45.4 Å². The summed E-state index contributed by atoms with van der Waals surface area (Å²) in [5.74, 6) is -2.87. The molecule has 2 radical (unpaired) electrons. The third-order valence-electron chi connectivity index (χ3n) is 7.71. The summed E-state index contributed by atoms with van der Waals surface area (Å²) in [6.07, 6.45) is 0. The number of azo groups is 2. The molecule has 6 aromatic rings. The van der Waals surface area contributed by atoms with Crippen molar-refractivity contribution in [2.75, 3.05) is 5.73 Å². The van der Waals surface area contributed by atoms with Gasteiger partial charge in [-0.3, -0.25) is 5.04 Å². The Morgan fingerprint density at radius 2 is 1.32 bits per heavy atom. The van der Waals surface area contributed by atoms with E-state index in [1.54, 1.807) is 0 Å². The molecule has 0 unspecified atom stereocenters. The van der Waals surface area contributed by atoms with Crippen LogP contribution in [0.2, 0.25) is 0 Å². The van der Waals surface area contributed by atoms with E-state index in [0.717, 1.165) is 41.1 Å². The van der Waals surface area contributed by atoms with Crippen LogP contribution in [0.4, 0.5) is 28.4 Å². The van der Waals surface area contributed by atoms with Gasteiger partial charge >= 0.3 is 0 Å². The third kappa shape index (κ3) is 9.53. The third-order valence-corrected chi connectivity index (χ3v) is 10.1. The van der Waals surface area contributed by atoms with Crippen LogP contribution in [0.25, 0.3) is 27.6 Å². The molecular formula is C32H18Cu2N7O13S3-7. The van der Waals surface area contributed by atoms with Crippen molar-refractivity contribution in [1.82, 2.24) is 9.78 Å². The number of fused-ring (bicyclic) bond motifs is 1. The van der Waals surface area contributed by atoms with Crippen molar-refractivity contribution >= 4 is 71.5 Å². The van der Waals surface area contributed by atoms with Crippen molar-refractivity contribution in [2.24, 2.45) is 20.5 Å². The molecular weight excluding hydrogens is 914 g/mol. The topological polar surface area (TPSA) is 341 Å². The van der Waals surface area contributed by atoms with Gasteiger partial charge in [-0.05, 0) is 78.0 Å². The van der Waals surface area contributed by atoms with Crippen molar-refractivity contribution in [3.8, 4) is 39.9 Å². The molecule has 6 rings (SSSR count). The Hall–Kier alpha value is -5.14. The van der Waals surface area contributed by atoms with Crippen LogP contribution < -0.4 is 31.4 Å². The normalized spacial score (nSPS) is 11.9. The molecule has 25 heteroatoms. The van der Waals surface area contributed by atoms with Gasteiger partial charge in [-0.25, -0.2) is 21.5 Å². The molecule has 0 spiro atoms. The standard InChI is InChI=1S/C32H25N7O13S3.2Cu/c1-15-31(32(43)39(38-15)19-4-6-20(7-5-19)54(45,46)47)37-36-23-9-3-17(11-25(23)41)16-2-8-22(24(40)10-16)35-34-18-12-21-28(55(48,49)50)14-27(53-52-51-44)30(33)29(21)26(42)13-18;;/h2-14,40-44H,33H2,1H3,(H,45,46,47)(H,48,49,50);;/p-7. The number of rotatable bonds is 11. The predicted octanol–water partition coefficient (Wildman–Crippen LogP) is 2.74. The summed E-state index contributed by atoms with van der Waals surface area (Å²) in [5, 5.41) is 83.9. The van der Waals surface area contributed by atoms with Crippen molar-refractivity contribution in [3.63, 3.8) is 0 Å². The number of anilines is 1. The van der Waals surface area contributed by atoms with Crippen molar-refractivity contribution in [1.29, 1.82) is 0 Å². The summed E-state index contributed by atoms with van der Waals surface area (Å²) in [5.41, 5.74) is 5.74. The Kier molecular flexibility index (Phi) is 13.7. The first-order valence-corrected chi connectivity index (χ1v) is 18.5. The Balaban J connectivity index is 0.00000360. The van der Waals surface area contributed by atoms with Gasteiger partial charge in [0.2, 0.25) is 0 Å². The van der Waals surface area contributed by atoms with Crippen LogP contribution in [0.15, 0.2) is 114 Å². The van der Waals surface area contributed by atoms with Gasteiger partial charge in [0.25, 0.3) is 0 Å². The molecule has 2 N–H and O–H groups in total. The summed E-state index contributed by atoms with van der Waals surface area (Å²) < 4.78 is 74.7. The van der Waals surface area contributed by atoms with Crippen molar-refractivity contribution in [2.45, 2.75) is 21.6 Å². The first-order valence-electron chi connectivity index (χ1n) is 14.9. The van der Waals surface area contributed by atoms with Gasteiger partial charge in [0.05, 0.1) is 60.9 Å². The molecule has 0 bridgehead atoms. The van der Waals surface area contributed by atoms with Crippen LogP contribution in [0.1, 0.15) is 5.69 Å². The van der Waals surface area contributed by atoms with Crippen LogP contribution in [0.5, 0.6) is 23.1 Å². The van der Waals surface area contributed by atoms with E-state index in [-0.39, 0.29) is 96.3 Å². The number of hydrogen-bond donors (Lipinski definition) is 1. The first-order chi connectivity index (χ1) is 26.0. The average molecular weight is 932 g/mol. The Bertz CT molecular complexity index is 2790. The van der Waals surface area contributed by atoms with E-state index in [1.165, 1.54) is 49.4 Å². The molecule has 0 aliphatic carbocycles. The number of aromatic nitrogens is 2. The largest absolute Gasteiger partial charge is 0.872 e. The van der Waals surface area contributed by atoms with E-state index in [9.17, 15) is 51.6 Å². The fourth-order valence-electron chi connectivity index (χ4n) is 5.16. The number of hydrogen-bond acceptors (Lipinski definition) is 20. The van der Waals surface area contributed by atoms with Gasteiger partial charge < -0.3 is 40.5 Å².